The summed E-state index contributed by atoms with van der Waals surface area (Å²) in [7, 11) is 2.01. The Kier molecular flexibility index (Phi) is 3.31. The molecule has 0 aliphatic carbocycles. The van der Waals surface area contributed by atoms with Crippen LogP contribution >= 0.6 is 11.3 Å². The molecule has 2 atom stereocenters. The normalized spacial score (nSPS) is 28.2. The SMILES string of the molecule is CNC(c1cscn1)C1CC(C)(C)OC1(C)C. The molecule has 4 heteroatoms. The van der Waals surface area contributed by atoms with Crippen LogP contribution in [0, 0.1) is 5.92 Å². The van der Waals surface area contributed by atoms with E-state index in [0.29, 0.717) is 5.92 Å². The third-order valence-corrected chi connectivity index (χ3v) is 4.23. The van der Waals surface area contributed by atoms with E-state index in [2.05, 4.69) is 43.4 Å². The van der Waals surface area contributed by atoms with Crippen molar-refractivity contribution in [3.63, 3.8) is 0 Å². The van der Waals surface area contributed by atoms with Crippen LogP contribution in [0.1, 0.15) is 45.9 Å². The Hall–Kier alpha value is -0.450. The summed E-state index contributed by atoms with van der Waals surface area (Å²) in [5.74, 6) is 0.449. The number of ether oxygens (including phenoxy) is 1. The van der Waals surface area contributed by atoms with Crippen LogP contribution in [0.4, 0.5) is 0 Å². The monoisotopic (exact) mass is 254 g/mol. The number of nitrogens with one attached hydrogen (secondary N) is 1. The number of rotatable bonds is 3. The Balaban J connectivity index is 2.26. The summed E-state index contributed by atoms with van der Waals surface area (Å²) in [6.07, 6.45) is 1.06. The zero-order valence-corrected chi connectivity index (χ0v) is 12.1. The lowest BCUT2D eigenvalue weighted by Gasteiger charge is -2.32. The molecule has 1 aliphatic heterocycles. The van der Waals surface area contributed by atoms with Gasteiger partial charge in [0.1, 0.15) is 0 Å². The number of hydrogen-bond acceptors (Lipinski definition) is 4. The van der Waals surface area contributed by atoms with E-state index in [1.54, 1.807) is 11.3 Å². The lowest BCUT2D eigenvalue weighted by Crippen LogP contribution is -2.37. The molecule has 1 aliphatic rings. The Labute approximate surface area is 108 Å². The van der Waals surface area contributed by atoms with Crippen LogP contribution in [0.3, 0.4) is 0 Å². The summed E-state index contributed by atoms with van der Waals surface area (Å²) in [5.41, 5.74) is 2.88. The molecule has 0 aromatic carbocycles. The quantitative estimate of drug-likeness (QED) is 0.900. The van der Waals surface area contributed by atoms with Crippen molar-refractivity contribution in [2.75, 3.05) is 7.05 Å². The van der Waals surface area contributed by atoms with Gasteiger partial charge in [-0.2, -0.15) is 0 Å². The molecule has 2 unspecified atom stereocenters. The molecule has 1 aromatic rings. The van der Waals surface area contributed by atoms with Gasteiger partial charge in [-0.3, -0.25) is 0 Å². The van der Waals surface area contributed by atoms with Gasteiger partial charge in [-0.25, -0.2) is 4.98 Å². The molecule has 0 spiro atoms. The molecule has 1 N–H and O–H groups in total. The molecule has 1 aromatic heterocycles. The number of hydrogen-bond donors (Lipinski definition) is 1. The summed E-state index contributed by atoms with van der Waals surface area (Å²) in [6, 6.07) is 0.276. The van der Waals surface area contributed by atoms with Gasteiger partial charge in [-0.1, -0.05) is 0 Å². The van der Waals surface area contributed by atoms with E-state index >= 15 is 0 Å². The molecule has 2 rings (SSSR count). The third kappa shape index (κ3) is 2.54. The summed E-state index contributed by atoms with van der Waals surface area (Å²) in [6.45, 7) is 8.71. The molecule has 17 heavy (non-hydrogen) atoms. The minimum absolute atomic E-state index is 0.0424. The second-order valence-corrected chi connectivity index (χ2v) is 6.67. The highest BCUT2D eigenvalue weighted by molar-refractivity contribution is 7.07. The first-order valence-electron chi connectivity index (χ1n) is 6.11. The van der Waals surface area contributed by atoms with E-state index < -0.39 is 0 Å². The van der Waals surface area contributed by atoms with Crippen LogP contribution in [0.2, 0.25) is 0 Å². The third-order valence-electron chi connectivity index (χ3n) is 3.63. The van der Waals surface area contributed by atoms with E-state index in [-0.39, 0.29) is 17.2 Å². The first-order valence-corrected chi connectivity index (χ1v) is 7.05. The maximum Gasteiger partial charge on any atom is 0.0795 e. The molecule has 1 fully saturated rings. The summed E-state index contributed by atoms with van der Waals surface area (Å²) >= 11 is 1.65. The van der Waals surface area contributed by atoms with Gasteiger partial charge in [-0.05, 0) is 41.2 Å². The lowest BCUT2D eigenvalue weighted by atomic mass is 9.80. The van der Waals surface area contributed by atoms with E-state index in [1.807, 2.05) is 12.6 Å². The molecule has 3 nitrogen and oxygen atoms in total. The van der Waals surface area contributed by atoms with Crippen molar-refractivity contribution < 1.29 is 4.74 Å². The molecule has 0 amide bonds. The minimum Gasteiger partial charge on any atom is -0.369 e. The minimum atomic E-state index is -0.110. The second kappa shape index (κ2) is 4.34. The first kappa shape index (κ1) is 13.0. The van der Waals surface area contributed by atoms with E-state index in [4.69, 9.17) is 4.74 Å². The highest BCUT2D eigenvalue weighted by Crippen LogP contribution is 2.47. The van der Waals surface area contributed by atoms with Crippen molar-refractivity contribution >= 4 is 11.3 Å². The van der Waals surface area contributed by atoms with Gasteiger partial charge >= 0.3 is 0 Å². The van der Waals surface area contributed by atoms with Crippen LogP contribution in [0.15, 0.2) is 10.9 Å². The van der Waals surface area contributed by atoms with Crippen molar-refractivity contribution in [3.8, 4) is 0 Å². The Morgan fingerprint density at radius 3 is 2.59 bits per heavy atom. The van der Waals surface area contributed by atoms with Crippen LogP contribution < -0.4 is 5.32 Å². The van der Waals surface area contributed by atoms with Gasteiger partial charge in [0.05, 0.1) is 28.4 Å². The Morgan fingerprint density at radius 1 is 1.47 bits per heavy atom. The molecule has 0 saturated carbocycles. The van der Waals surface area contributed by atoms with Crippen molar-refractivity contribution in [1.29, 1.82) is 0 Å². The van der Waals surface area contributed by atoms with Crippen LogP contribution in [-0.2, 0) is 4.74 Å². The largest absolute Gasteiger partial charge is 0.369 e. The molecule has 1 saturated heterocycles. The van der Waals surface area contributed by atoms with Gasteiger partial charge < -0.3 is 10.1 Å². The van der Waals surface area contributed by atoms with Gasteiger partial charge in [0.2, 0.25) is 0 Å². The fourth-order valence-electron chi connectivity index (χ4n) is 3.05. The Bertz CT molecular complexity index is 373. The lowest BCUT2D eigenvalue weighted by molar-refractivity contribution is -0.0777. The number of aromatic nitrogens is 1. The number of thiazole rings is 1. The topological polar surface area (TPSA) is 34.2 Å². The predicted octanol–water partition coefficient (Wildman–Crippen LogP) is 3.00. The zero-order valence-electron chi connectivity index (χ0n) is 11.3. The smallest absolute Gasteiger partial charge is 0.0795 e. The Morgan fingerprint density at radius 2 is 2.18 bits per heavy atom. The van der Waals surface area contributed by atoms with Crippen molar-refractivity contribution in [2.24, 2.45) is 5.92 Å². The highest BCUT2D eigenvalue weighted by Gasteiger charge is 2.49. The fourth-order valence-corrected chi connectivity index (χ4v) is 3.65. The van der Waals surface area contributed by atoms with Crippen LogP contribution in [0.25, 0.3) is 0 Å². The van der Waals surface area contributed by atoms with E-state index in [9.17, 15) is 0 Å². The van der Waals surface area contributed by atoms with Gasteiger partial charge in [0, 0.05) is 11.3 Å². The van der Waals surface area contributed by atoms with Crippen LogP contribution in [0.5, 0.6) is 0 Å². The van der Waals surface area contributed by atoms with Gasteiger partial charge in [0.25, 0.3) is 0 Å². The first-order chi connectivity index (χ1) is 7.86. The standard InChI is InChI=1S/C13H22N2OS/c1-12(2)6-9(13(3,4)16-12)11(14-5)10-7-17-8-15-10/h7-9,11,14H,6H2,1-5H3. The average Bonchev–Trinajstić information content (AvgIpc) is 2.74. The van der Waals surface area contributed by atoms with E-state index in [1.165, 1.54) is 0 Å². The molecular formula is C13H22N2OS. The highest BCUT2D eigenvalue weighted by atomic mass is 32.1. The van der Waals surface area contributed by atoms with Crippen LogP contribution in [-0.4, -0.2) is 23.2 Å². The summed E-state index contributed by atoms with van der Waals surface area (Å²) in [5, 5.41) is 5.53. The van der Waals surface area contributed by atoms with Crippen molar-refractivity contribution in [3.05, 3.63) is 16.6 Å². The molecule has 0 radical (unpaired) electrons. The predicted molar refractivity (Wildman–Crippen MR) is 71.3 cm³/mol. The number of nitrogens with zero attached hydrogens (tertiary/aromatic N) is 1. The molecular weight excluding hydrogens is 232 g/mol. The van der Waals surface area contributed by atoms with Crippen molar-refractivity contribution in [1.82, 2.24) is 10.3 Å². The summed E-state index contributed by atoms with van der Waals surface area (Å²) in [4.78, 5) is 4.45. The molecule has 96 valence electrons. The summed E-state index contributed by atoms with van der Waals surface area (Å²) < 4.78 is 6.17. The second-order valence-electron chi connectivity index (χ2n) is 5.96. The van der Waals surface area contributed by atoms with Gasteiger partial charge in [0.15, 0.2) is 0 Å². The van der Waals surface area contributed by atoms with E-state index in [0.717, 1.165) is 12.1 Å². The fraction of sp³-hybridized carbons (Fsp3) is 0.769. The average molecular weight is 254 g/mol. The molecule has 2 heterocycles. The maximum absolute atomic E-state index is 6.17. The maximum atomic E-state index is 6.17. The molecule has 0 bridgehead atoms. The van der Waals surface area contributed by atoms with Gasteiger partial charge in [-0.15, -0.1) is 11.3 Å². The zero-order chi connectivity index (χ0) is 12.7. The van der Waals surface area contributed by atoms with Crippen molar-refractivity contribution in [2.45, 2.75) is 51.4 Å².